The van der Waals surface area contributed by atoms with Gasteiger partial charge in [0.25, 0.3) is 11.8 Å². The number of anilines is 1. The Balaban J connectivity index is 1.65. The van der Waals surface area contributed by atoms with Crippen molar-refractivity contribution in [1.82, 2.24) is 10.3 Å². The predicted molar refractivity (Wildman–Crippen MR) is 115 cm³/mol. The van der Waals surface area contributed by atoms with E-state index in [0.29, 0.717) is 18.2 Å². The molecule has 2 aromatic carbocycles. The molecule has 0 bridgehead atoms. The molecule has 0 spiro atoms. The summed E-state index contributed by atoms with van der Waals surface area (Å²) in [6, 6.07) is 20.4. The van der Waals surface area contributed by atoms with Gasteiger partial charge in [0.15, 0.2) is 0 Å². The normalized spacial score (nSPS) is 10.6. The number of hydrogen-bond acceptors (Lipinski definition) is 3. The number of aromatic nitrogens is 1. The van der Waals surface area contributed by atoms with Gasteiger partial charge in [0.05, 0.1) is 0 Å². The molecule has 0 fully saturated rings. The number of amides is 2. The quantitative estimate of drug-likeness (QED) is 0.644. The van der Waals surface area contributed by atoms with Gasteiger partial charge in [-0.2, -0.15) is 0 Å². The topological polar surface area (TPSA) is 71.1 Å². The van der Waals surface area contributed by atoms with Crippen LogP contribution in [0, 0.1) is 6.92 Å². The van der Waals surface area contributed by atoms with Crippen molar-refractivity contribution >= 4 is 17.5 Å². The maximum atomic E-state index is 12.5. The van der Waals surface area contributed by atoms with Crippen LogP contribution in [0.2, 0.25) is 0 Å². The van der Waals surface area contributed by atoms with E-state index in [1.165, 1.54) is 5.56 Å². The van der Waals surface area contributed by atoms with Crippen LogP contribution in [0.4, 0.5) is 5.69 Å². The van der Waals surface area contributed by atoms with Crippen LogP contribution >= 0.6 is 0 Å². The molecule has 5 heteroatoms. The number of carbonyl (C=O) groups is 2. The fraction of sp³-hybridized carbons (Fsp3) is 0.208. The second kappa shape index (κ2) is 9.15. The van der Waals surface area contributed by atoms with Crippen LogP contribution < -0.4 is 10.6 Å². The van der Waals surface area contributed by atoms with Crippen LogP contribution in [0.25, 0.3) is 0 Å². The molecule has 0 saturated heterocycles. The number of hydrogen-bond donors (Lipinski definition) is 2. The minimum atomic E-state index is -0.351. The van der Waals surface area contributed by atoms with Crippen molar-refractivity contribution < 1.29 is 9.59 Å². The van der Waals surface area contributed by atoms with Crippen molar-refractivity contribution in [2.45, 2.75) is 33.2 Å². The van der Waals surface area contributed by atoms with Crippen LogP contribution in [0.3, 0.4) is 0 Å². The van der Waals surface area contributed by atoms with E-state index in [1.807, 2.05) is 55.5 Å². The molecule has 0 radical (unpaired) electrons. The van der Waals surface area contributed by atoms with Gasteiger partial charge in [-0.05, 0) is 53.8 Å². The first-order valence-corrected chi connectivity index (χ1v) is 9.65. The van der Waals surface area contributed by atoms with Crippen LogP contribution in [0.1, 0.15) is 57.4 Å². The summed E-state index contributed by atoms with van der Waals surface area (Å²) in [7, 11) is 0. The summed E-state index contributed by atoms with van der Waals surface area (Å²) >= 11 is 0. The van der Waals surface area contributed by atoms with Crippen molar-refractivity contribution in [3.63, 3.8) is 0 Å². The molecule has 0 aliphatic rings. The maximum Gasteiger partial charge on any atom is 0.274 e. The van der Waals surface area contributed by atoms with E-state index < -0.39 is 0 Å². The monoisotopic (exact) mass is 387 g/mol. The van der Waals surface area contributed by atoms with Gasteiger partial charge >= 0.3 is 0 Å². The Kier molecular flexibility index (Phi) is 6.39. The minimum Gasteiger partial charge on any atom is -0.347 e. The second-order valence-corrected chi connectivity index (χ2v) is 7.25. The Morgan fingerprint density at radius 1 is 0.862 bits per heavy atom. The van der Waals surface area contributed by atoms with Gasteiger partial charge < -0.3 is 10.6 Å². The molecule has 0 saturated carbocycles. The van der Waals surface area contributed by atoms with E-state index in [9.17, 15) is 9.59 Å². The van der Waals surface area contributed by atoms with Gasteiger partial charge in [-0.1, -0.05) is 56.3 Å². The van der Waals surface area contributed by atoms with Crippen molar-refractivity contribution in [3.8, 4) is 0 Å². The molecule has 29 heavy (non-hydrogen) atoms. The SMILES string of the molecule is Cc1ccccc1CNC(=O)c1cccc(C(=O)Nc2ccc(C(C)C)cc2)n1. The van der Waals surface area contributed by atoms with Gasteiger partial charge in [0.1, 0.15) is 11.4 Å². The lowest BCUT2D eigenvalue weighted by Crippen LogP contribution is -2.25. The van der Waals surface area contributed by atoms with Gasteiger partial charge in [-0.15, -0.1) is 0 Å². The summed E-state index contributed by atoms with van der Waals surface area (Å²) in [6.45, 7) is 6.64. The largest absolute Gasteiger partial charge is 0.347 e. The number of pyridine rings is 1. The maximum absolute atomic E-state index is 12.5. The Bertz CT molecular complexity index is 1010. The number of carbonyl (C=O) groups excluding carboxylic acids is 2. The summed E-state index contributed by atoms with van der Waals surface area (Å²) in [4.78, 5) is 29.2. The molecular weight excluding hydrogens is 362 g/mol. The minimum absolute atomic E-state index is 0.196. The highest BCUT2D eigenvalue weighted by Crippen LogP contribution is 2.17. The molecule has 0 atom stereocenters. The summed E-state index contributed by atoms with van der Waals surface area (Å²) in [5.41, 5.74) is 4.45. The van der Waals surface area contributed by atoms with Gasteiger partial charge in [-0.25, -0.2) is 4.98 Å². The molecule has 2 N–H and O–H groups in total. The molecule has 0 aliphatic carbocycles. The van der Waals surface area contributed by atoms with Crippen LogP contribution in [-0.2, 0) is 6.54 Å². The highest BCUT2D eigenvalue weighted by atomic mass is 16.2. The van der Waals surface area contributed by atoms with E-state index in [0.717, 1.165) is 11.1 Å². The number of nitrogens with one attached hydrogen (secondary N) is 2. The molecular formula is C24H25N3O2. The molecule has 1 aromatic heterocycles. The third kappa shape index (κ3) is 5.29. The summed E-state index contributed by atoms with van der Waals surface area (Å²) in [6.07, 6.45) is 0. The molecule has 5 nitrogen and oxygen atoms in total. The van der Waals surface area contributed by atoms with E-state index in [1.54, 1.807) is 18.2 Å². The first kappa shape index (κ1) is 20.3. The zero-order chi connectivity index (χ0) is 20.8. The van der Waals surface area contributed by atoms with Crippen LogP contribution in [0.15, 0.2) is 66.7 Å². The average molecular weight is 387 g/mol. The fourth-order valence-corrected chi connectivity index (χ4v) is 2.91. The van der Waals surface area contributed by atoms with Gasteiger partial charge in [-0.3, -0.25) is 9.59 Å². The molecule has 2 amide bonds. The lowest BCUT2D eigenvalue weighted by atomic mass is 10.0. The van der Waals surface area contributed by atoms with E-state index in [4.69, 9.17) is 0 Å². The second-order valence-electron chi connectivity index (χ2n) is 7.25. The number of nitrogens with zero attached hydrogens (tertiary/aromatic N) is 1. The van der Waals surface area contributed by atoms with Crippen molar-refractivity contribution in [2.75, 3.05) is 5.32 Å². The zero-order valence-electron chi connectivity index (χ0n) is 16.9. The van der Waals surface area contributed by atoms with E-state index >= 15 is 0 Å². The molecule has 1 heterocycles. The molecule has 0 unspecified atom stereocenters. The lowest BCUT2D eigenvalue weighted by Gasteiger charge is -2.10. The van der Waals surface area contributed by atoms with E-state index in [2.05, 4.69) is 29.5 Å². The smallest absolute Gasteiger partial charge is 0.274 e. The Hall–Kier alpha value is -3.47. The summed E-state index contributed by atoms with van der Waals surface area (Å²) < 4.78 is 0. The standard InChI is InChI=1S/C24H25N3O2/c1-16(2)18-11-13-20(14-12-18)26-24(29)22-10-6-9-21(27-22)23(28)25-15-19-8-5-4-7-17(19)3/h4-14,16H,15H2,1-3H3,(H,25,28)(H,26,29). The first-order valence-electron chi connectivity index (χ1n) is 9.65. The number of rotatable bonds is 6. The van der Waals surface area contributed by atoms with Crippen LogP contribution in [-0.4, -0.2) is 16.8 Å². The molecule has 0 aliphatic heterocycles. The summed E-state index contributed by atoms with van der Waals surface area (Å²) in [5, 5.41) is 5.68. The number of benzene rings is 2. The highest BCUT2D eigenvalue weighted by molar-refractivity contribution is 6.03. The third-order valence-corrected chi connectivity index (χ3v) is 4.75. The fourth-order valence-electron chi connectivity index (χ4n) is 2.91. The predicted octanol–water partition coefficient (Wildman–Crippen LogP) is 4.70. The Labute approximate surface area is 171 Å². The van der Waals surface area contributed by atoms with Crippen molar-refractivity contribution in [1.29, 1.82) is 0 Å². The van der Waals surface area contributed by atoms with Crippen molar-refractivity contribution in [3.05, 3.63) is 94.8 Å². The van der Waals surface area contributed by atoms with Crippen molar-refractivity contribution in [2.24, 2.45) is 0 Å². The van der Waals surface area contributed by atoms with Crippen LogP contribution in [0.5, 0.6) is 0 Å². The van der Waals surface area contributed by atoms with Gasteiger partial charge in [0.2, 0.25) is 0 Å². The molecule has 148 valence electrons. The lowest BCUT2D eigenvalue weighted by molar-refractivity contribution is 0.0945. The highest BCUT2D eigenvalue weighted by Gasteiger charge is 2.13. The Morgan fingerprint density at radius 3 is 2.17 bits per heavy atom. The zero-order valence-corrected chi connectivity index (χ0v) is 16.9. The third-order valence-electron chi connectivity index (χ3n) is 4.75. The van der Waals surface area contributed by atoms with Gasteiger partial charge in [0, 0.05) is 12.2 Å². The first-order chi connectivity index (χ1) is 13.9. The Morgan fingerprint density at radius 2 is 1.52 bits per heavy atom. The average Bonchev–Trinajstić information content (AvgIpc) is 2.73. The molecule has 3 rings (SSSR count). The summed E-state index contributed by atoms with van der Waals surface area (Å²) in [5.74, 6) is -0.240. The number of aryl methyl sites for hydroxylation is 1. The van der Waals surface area contributed by atoms with E-state index in [-0.39, 0.29) is 23.2 Å². The molecule has 3 aromatic rings.